The number of nitrogen functional groups attached to an aromatic ring is 1. The monoisotopic (exact) mass is 165 g/mol. The van der Waals surface area contributed by atoms with E-state index in [0.717, 1.165) is 0 Å². The van der Waals surface area contributed by atoms with Gasteiger partial charge in [0.05, 0.1) is 0 Å². The van der Waals surface area contributed by atoms with Gasteiger partial charge in [-0.1, -0.05) is 0 Å². The highest BCUT2D eigenvalue weighted by Gasteiger charge is 2.10. The average Bonchev–Trinajstić information content (AvgIpc) is 1.97. The average molecular weight is 165 g/mol. The van der Waals surface area contributed by atoms with E-state index in [-0.39, 0.29) is 11.5 Å². The van der Waals surface area contributed by atoms with Crippen molar-refractivity contribution in [3.8, 4) is 5.75 Å². The topological polar surface area (TPSA) is 63.3 Å². The normalized spacial score (nSPS) is 9.83. The molecule has 0 amide bonds. The van der Waals surface area contributed by atoms with E-state index in [1.807, 2.05) is 0 Å². The molecule has 0 atom stereocenters. The van der Waals surface area contributed by atoms with Gasteiger partial charge in [0.25, 0.3) is 0 Å². The molecule has 12 heavy (non-hydrogen) atoms. The van der Waals surface area contributed by atoms with E-state index in [2.05, 4.69) is 0 Å². The van der Waals surface area contributed by atoms with Crippen molar-refractivity contribution in [3.63, 3.8) is 0 Å². The van der Waals surface area contributed by atoms with Crippen molar-refractivity contribution in [3.05, 3.63) is 23.3 Å². The molecule has 0 aliphatic carbocycles. The van der Waals surface area contributed by atoms with Crippen LogP contribution in [0.15, 0.2) is 12.1 Å². The Labute approximate surface area is 70.8 Å². The fraction of sp³-hybridized carbons (Fsp3) is 0.222. The maximum absolute atomic E-state index is 11.0. The predicted octanol–water partition coefficient (Wildman–Crippen LogP) is 1.49. The fourth-order valence-corrected chi connectivity index (χ4v) is 1.19. The van der Waals surface area contributed by atoms with Crippen LogP contribution in [0.4, 0.5) is 5.69 Å². The van der Waals surface area contributed by atoms with E-state index in [1.54, 1.807) is 6.92 Å². The number of benzene rings is 1. The lowest BCUT2D eigenvalue weighted by molar-refractivity contribution is 0.101. The number of ketones is 1. The van der Waals surface area contributed by atoms with Crippen LogP contribution in [0.2, 0.25) is 0 Å². The highest BCUT2D eigenvalue weighted by atomic mass is 16.3. The van der Waals surface area contributed by atoms with Crippen molar-refractivity contribution in [1.82, 2.24) is 0 Å². The van der Waals surface area contributed by atoms with Gasteiger partial charge in [0, 0.05) is 16.8 Å². The zero-order valence-electron chi connectivity index (χ0n) is 7.09. The van der Waals surface area contributed by atoms with Gasteiger partial charge in [0.15, 0.2) is 5.78 Å². The molecule has 0 bridgehead atoms. The summed E-state index contributed by atoms with van der Waals surface area (Å²) in [4.78, 5) is 11.0. The van der Waals surface area contributed by atoms with Gasteiger partial charge in [0.1, 0.15) is 5.75 Å². The number of aromatic hydroxyl groups is 1. The van der Waals surface area contributed by atoms with Crippen LogP contribution in [0.25, 0.3) is 0 Å². The van der Waals surface area contributed by atoms with Crippen LogP contribution >= 0.6 is 0 Å². The smallest absolute Gasteiger partial charge is 0.162 e. The van der Waals surface area contributed by atoms with E-state index in [4.69, 9.17) is 5.73 Å². The minimum atomic E-state index is -0.124. The van der Waals surface area contributed by atoms with Crippen molar-refractivity contribution >= 4 is 11.5 Å². The molecular formula is C9H11NO2. The van der Waals surface area contributed by atoms with E-state index in [0.29, 0.717) is 16.8 Å². The summed E-state index contributed by atoms with van der Waals surface area (Å²) in [6.45, 7) is 3.10. The molecule has 0 saturated carbocycles. The van der Waals surface area contributed by atoms with Crippen molar-refractivity contribution < 1.29 is 9.90 Å². The molecule has 3 heteroatoms. The van der Waals surface area contributed by atoms with E-state index in [9.17, 15) is 9.90 Å². The van der Waals surface area contributed by atoms with Gasteiger partial charge in [-0.25, -0.2) is 0 Å². The van der Waals surface area contributed by atoms with Crippen LogP contribution < -0.4 is 5.73 Å². The second kappa shape index (κ2) is 2.85. The summed E-state index contributed by atoms with van der Waals surface area (Å²) in [7, 11) is 0. The van der Waals surface area contributed by atoms with Crippen LogP contribution in [0, 0.1) is 6.92 Å². The standard InChI is InChI=1S/C9H11NO2/c1-5-8(12)4-3-7(10)9(5)6(2)11/h3-4,12H,10H2,1-2H3. The minimum Gasteiger partial charge on any atom is -0.508 e. The second-order valence-electron chi connectivity index (χ2n) is 2.73. The number of phenolic OH excluding ortho intramolecular Hbond substituents is 1. The van der Waals surface area contributed by atoms with Gasteiger partial charge in [-0.15, -0.1) is 0 Å². The van der Waals surface area contributed by atoms with Gasteiger partial charge >= 0.3 is 0 Å². The largest absolute Gasteiger partial charge is 0.508 e. The molecular weight excluding hydrogens is 154 g/mol. The molecule has 3 N–H and O–H groups in total. The third kappa shape index (κ3) is 1.25. The van der Waals surface area contributed by atoms with Crippen LogP contribution in [-0.4, -0.2) is 10.9 Å². The molecule has 0 saturated heterocycles. The molecule has 0 aliphatic heterocycles. The first-order valence-electron chi connectivity index (χ1n) is 3.63. The summed E-state index contributed by atoms with van der Waals surface area (Å²) in [6, 6.07) is 3.01. The number of hydrogen-bond acceptors (Lipinski definition) is 3. The van der Waals surface area contributed by atoms with Crippen LogP contribution in [0.5, 0.6) is 5.75 Å². The van der Waals surface area contributed by atoms with E-state index >= 15 is 0 Å². The third-order valence-corrected chi connectivity index (χ3v) is 1.82. The number of Topliss-reactive ketones (excluding diaryl/α,β-unsaturated/α-hetero) is 1. The third-order valence-electron chi connectivity index (χ3n) is 1.82. The number of rotatable bonds is 1. The Balaban J connectivity index is 3.43. The number of anilines is 1. The minimum absolute atomic E-state index is 0.106. The summed E-state index contributed by atoms with van der Waals surface area (Å²) in [5, 5.41) is 9.27. The molecule has 1 aromatic rings. The number of nitrogens with two attached hydrogens (primary N) is 1. The van der Waals surface area contributed by atoms with Gasteiger partial charge in [0.2, 0.25) is 0 Å². The predicted molar refractivity (Wildman–Crippen MR) is 47.3 cm³/mol. The molecule has 0 radical (unpaired) electrons. The number of hydrogen-bond donors (Lipinski definition) is 2. The maximum atomic E-state index is 11.0. The summed E-state index contributed by atoms with van der Waals surface area (Å²) in [5.74, 6) is -0.0182. The molecule has 0 spiro atoms. The first kappa shape index (κ1) is 8.59. The molecule has 0 aromatic heterocycles. The van der Waals surface area contributed by atoms with Crippen molar-refractivity contribution in [2.75, 3.05) is 5.73 Å². The first-order chi connectivity index (χ1) is 5.54. The second-order valence-corrected chi connectivity index (χ2v) is 2.73. The number of phenols is 1. The highest BCUT2D eigenvalue weighted by molar-refractivity contribution is 6.01. The Kier molecular flexibility index (Phi) is 2.04. The van der Waals surface area contributed by atoms with E-state index in [1.165, 1.54) is 19.1 Å². The van der Waals surface area contributed by atoms with Crippen molar-refractivity contribution in [1.29, 1.82) is 0 Å². The quantitative estimate of drug-likeness (QED) is 0.376. The summed E-state index contributed by atoms with van der Waals surface area (Å²) < 4.78 is 0. The Bertz CT molecular complexity index is 332. The zero-order chi connectivity index (χ0) is 9.30. The van der Waals surface area contributed by atoms with Gasteiger partial charge in [-0.3, -0.25) is 4.79 Å². The van der Waals surface area contributed by atoms with Gasteiger partial charge in [-0.2, -0.15) is 0 Å². The number of carbonyl (C=O) groups is 1. The lowest BCUT2D eigenvalue weighted by atomic mass is 10.0. The Hall–Kier alpha value is -1.51. The molecule has 0 fully saturated rings. The molecule has 0 heterocycles. The van der Waals surface area contributed by atoms with E-state index < -0.39 is 0 Å². The first-order valence-corrected chi connectivity index (χ1v) is 3.63. The molecule has 0 aliphatic rings. The summed E-state index contributed by atoms with van der Waals surface area (Å²) in [5.41, 5.74) is 6.93. The van der Waals surface area contributed by atoms with Gasteiger partial charge in [-0.05, 0) is 26.0 Å². The van der Waals surface area contributed by atoms with Crippen LogP contribution in [0.1, 0.15) is 22.8 Å². The van der Waals surface area contributed by atoms with Crippen LogP contribution in [-0.2, 0) is 0 Å². The highest BCUT2D eigenvalue weighted by Crippen LogP contribution is 2.25. The molecule has 64 valence electrons. The maximum Gasteiger partial charge on any atom is 0.162 e. The lowest BCUT2D eigenvalue weighted by Gasteiger charge is -2.06. The summed E-state index contributed by atoms with van der Waals surface area (Å²) >= 11 is 0. The van der Waals surface area contributed by atoms with Crippen molar-refractivity contribution in [2.24, 2.45) is 0 Å². The SMILES string of the molecule is CC(=O)c1c(N)ccc(O)c1C. The Morgan fingerprint density at radius 2 is 2.08 bits per heavy atom. The lowest BCUT2D eigenvalue weighted by Crippen LogP contribution is -2.02. The van der Waals surface area contributed by atoms with Gasteiger partial charge < -0.3 is 10.8 Å². The molecule has 1 rings (SSSR count). The Morgan fingerprint density at radius 1 is 1.50 bits per heavy atom. The zero-order valence-corrected chi connectivity index (χ0v) is 7.09. The molecule has 1 aromatic carbocycles. The fourth-order valence-electron chi connectivity index (χ4n) is 1.19. The molecule has 3 nitrogen and oxygen atoms in total. The summed E-state index contributed by atoms with van der Waals surface area (Å²) in [6.07, 6.45) is 0. The van der Waals surface area contributed by atoms with Crippen molar-refractivity contribution in [2.45, 2.75) is 13.8 Å². The Morgan fingerprint density at radius 3 is 2.50 bits per heavy atom. The van der Waals surface area contributed by atoms with Crippen LogP contribution in [0.3, 0.4) is 0 Å². The number of carbonyl (C=O) groups excluding carboxylic acids is 1. The molecule has 0 unspecified atom stereocenters.